The number of ether oxygens (including phenoxy) is 1. The van der Waals surface area contributed by atoms with Crippen LogP contribution in [0.15, 0.2) is 54.7 Å². The van der Waals surface area contributed by atoms with Crippen LogP contribution >= 0.6 is 0 Å². The number of fused-ring (bicyclic) bond motifs is 3. The summed E-state index contributed by atoms with van der Waals surface area (Å²) in [5, 5.41) is 2.26. The van der Waals surface area contributed by atoms with Crippen molar-refractivity contribution in [2.75, 3.05) is 7.11 Å². The van der Waals surface area contributed by atoms with Gasteiger partial charge in [0, 0.05) is 34.5 Å². The lowest BCUT2D eigenvalue weighted by Crippen LogP contribution is -2.05. The highest BCUT2D eigenvalue weighted by atomic mass is 16.5. The number of rotatable bonds is 5. The molecule has 4 nitrogen and oxygen atoms in total. The third-order valence-electron chi connectivity index (χ3n) is 5.19. The molecule has 4 aromatic rings. The van der Waals surface area contributed by atoms with E-state index in [0.717, 1.165) is 44.4 Å². The van der Waals surface area contributed by atoms with Gasteiger partial charge in [0.1, 0.15) is 5.75 Å². The molecule has 2 aromatic carbocycles. The fourth-order valence-corrected chi connectivity index (χ4v) is 3.60. The van der Waals surface area contributed by atoms with Gasteiger partial charge in [0.15, 0.2) is 5.78 Å². The zero-order chi connectivity index (χ0) is 19.0. The van der Waals surface area contributed by atoms with Crippen LogP contribution < -0.4 is 4.74 Å². The van der Waals surface area contributed by atoms with Crippen LogP contribution in [0.1, 0.15) is 40.9 Å². The van der Waals surface area contributed by atoms with Gasteiger partial charge in [-0.2, -0.15) is 0 Å². The van der Waals surface area contributed by atoms with E-state index in [9.17, 15) is 4.79 Å². The van der Waals surface area contributed by atoms with Crippen molar-refractivity contribution in [2.24, 2.45) is 0 Å². The fourth-order valence-electron chi connectivity index (χ4n) is 3.60. The number of hydrogen-bond acceptors (Lipinski definition) is 3. The fraction of sp³-hybridized carbons (Fsp3) is 0.217. The summed E-state index contributed by atoms with van der Waals surface area (Å²) < 4.78 is 5.29. The first-order valence-electron chi connectivity index (χ1n) is 9.11. The zero-order valence-corrected chi connectivity index (χ0v) is 15.7. The number of methoxy groups -OCH3 is 1. The van der Waals surface area contributed by atoms with E-state index in [1.54, 1.807) is 7.11 Å². The zero-order valence-electron chi connectivity index (χ0n) is 15.7. The Balaban J connectivity index is 1.62. The molecular weight excluding hydrogens is 336 g/mol. The summed E-state index contributed by atoms with van der Waals surface area (Å²) in [6.07, 6.45) is 2.28. The Labute approximate surface area is 158 Å². The second-order valence-electron chi connectivity index (χ2n) is 7.01. The summed E-state index contributed by atoms with van der Waals surface area (Å²) in [6, 6.07) is 15.8. The van der Waals surface area contributed by atoms with Crippen LogP contribution in [0, 0.1) is 6.92 Å². The first-order chi connectivity index (χ1) is 13.1. The summed E-state index contributed by atoms with van der Waals surface area (Å²) in [5.41, 5.74) is 4.80. The predicted molar refractivity (Wildman–Crippen MR) is 109 cm³/mol. The molecule has 136 valence electrons. The molecule has 1 N–H and O–H groups in total. The highest BCUT2D eigenvalue weighted by Crippen LogP contribution is 2.29. The van der Waals surface area contributed by atoms with Crippen molar-refractivity contribution >= 4 is 27.6 Å². The van der Waals surface area contributed by atoms with Gasteiger partial charge in [-0.3, -0.25) is 9.78 Å². The molecule has 0 aliphatic rings. The minimum Gasteiger partial charge on any atom is -0.497 e. The Morgan fingerprint density at radius 2 is 2.00 bits per heavy atom. The topological polar surface area (TPSA) is 55.0 Å². The summed E-state index contributed by atoms with van der Waals surface area (Å²) in [6.45, 7) is 4.06. The molecule has 0 aliphatic heterocycles. The molecule has 4 heteroatoms. The van der Waals surface area contributed by atoms with E-state index in [4.69, 9.17) is 4.74 Å². The second kappa shape index (κ2) is 6.88. The lowest BCUT2D eigenvalue weighted by molar-refractivity contribution is 0.0975. The molecule has 0 bridgehead atoms. The molecule has 0 aliphatic carbocycles. The average Bonchev–Trinajstić information content (AvgIpc) is 3.07. The number of aromatic nitrogens is 2. The number of aromatic amines is 1. The summed E-state index contributed by atoms with van der Waals surface area (Å²) in [4.78, 5) is 20.6. The molecule has 0 saturated heterocycles. The van der Waals surface area contributed by atoms with E-state index in [1.165, 1.54) is 0 Å². The van der Waals surface area contributed by atoms with Crippen molar-refractivity contribution in [3.8, 4) is 5.75 Å². The molecule has 2 aromatic heterocycles. The van der Waals surface area contributed by atoms with Crippen LogP contribution in [0.3, 0.4) is 0 Å². The maximum atomic E-state index is 12.9. The number of nitrogens with zero attached hydrogens (tertiary/aromatic N) is 1. The molecule has 0 fully saturated rings. The van der Waals surface area contributed by atoms with E-state index in [-0.39, 0.29) is 11.7 Å². The van der Waals surface area contributed by atoms with Gasteiger partial charge in [-0.15, -0.1) is 0 Å². The molecule has 4 rings (SSSR count). The Hall–Kier alpha value is -3.14. The number of H-pyrrole nitrogens is 1. The van der Waals surface area contributed by atoms with E-state index < -0.39 is 0 Å². The van der Waals surface area contributed by atoms with Crippen LogP contribution in [0.4, 0.5) is 0 Å². The van der Waals surface area contributed by atoms with Crippen LogP contribution in [-0.4, -0.2) is 22.9 Å². The van der Waals surface area contributed by atoms with Crippen molar-refractivity contribution in [3.05, 3.63) is 71.5 Å². The predicted octanol–water partition coefficient (Wildman–Crippen LogP) is 5.41. The minimum atomic E-state index is 0.123. The molecule has 0 saturated carbocycles. The van der Waals surface area contributed by atoms with Gasteiger partial charge in [-0.05, 0) is 42.7 Å². The molecular formula is C23H22N2O2. The SMILES string of the molecule is COc1cccc([C@@H](C)CC(=O)c2ccc3c(c2)[nH]c2c(C)nccc23)c1. The third-order valence-corrected chi connectivity index (χ3v) is 5.19. The lowest BCUT2D eigenvalue weighted by atomic mass is 9.93. The first kappa shape index (κ1) is 17.3. The minimum absolute atomic E-state index is 0.123. The number of pyridine rings is 1. The molecule has 0 amide bonds. The van der Waals surface area contributed by atoms with Crippen molar-refractivity contribution in [1.29, 1.82) is 0 Å². The molecule has 0 spiro atoms. The highest BCUT2D eigenvalue weighted by molar-refractivity contribution is 6.10. The molecule has 0 radical (unpaired) electrons. The second-order valence-corrected chi connectivity index (χ2v) is 7.01. The maximum Gasteiger partial charge on any atom is 0.163 e. The Morgan fingerprint density at radius 1 is 1.15 bits per heavy atom. The number of aryl methyl sites for hydroxylation is 1. The van der Waals surface area contributed by atoms with E-state index in [0.29, 0.717) is 6.42 Å². The largest absolute Gasteiger partial charge is 0.497 e. The van der Waals surface area contributed by atoms with Crippen molar-refractivity contribution in [2.45, 2.75) is 26.2 Å². The average molecular weight is 358 g/mol. The number of carbonyl (C=O) groups is 1. The number of Topliss-reactive ketones (excluding diaryl/α,β-unsaturated/α-hetero) is 1. The Morgan fingerprint density at radius 3 is 2.81 bits per heavy atom. The Bertz CT molecular complexity index is 1140. The van der Waals surface area contributed by atoms with Crippen LogP contribution in [0.5, 0.6) is 5.75 Å². The molecule has 0 unspecified atom stereocenters. The molecule has 2 heterocycles. The number of benzene rings is 2. The van der Waals surface area contributed by atoms with Crippen molar-refractivity contribution < 1.29 is 9.53 Å². The van der Waals surface area contributed by atoms with Gasteiger partial charge in [0.25, 0.3) is 0 Å². The van der Waals surface area contributed by atoms with E-state index in [2.05, 4.69) is 16.9 Å². The smallest absolute Gasteiger partial charge is 0.163 e. The van der Waals surface area contributed by atoms with Crippen LogP contribution in [-0.2, 0) is 0 Å². The van der Waals surface area contributed by atoms with Crippen molar-refractivity contribution in [3.63, 3.8) is 0 Å². The monoisotopic (exact) mass is 358 g/mol. The Kier molecular flexibility index (Phi) is 4.40. The van der Waals surface area contributed by atoms with Crippen molar-refractivity contribution in [1.82, 2.24) is 9.97 Å². The number of hydrogen-bond donors (Lipinski definition) is 1. The quantitative estimate of drug-likeness (QED) is 0.485. The summed E-state index contributed by atoms with van der Waals surface area (Å²) in [7, 11) is 1.65. The van der Waals surface area contributed by atoms with Gasteiger partial charge >= 0.3 is 0 Å². The molecule has 27 heavy (non-hydrogen) atoms. The van der Waals surface area contributed by atoms with Crippen LogP contribution in [0.2, 0.25) is 0 Å². The van der Waals surface area contributed by atoms with Crippen LogP contribution in [0.25, 0.3) is 21.8 Å². The lowest BCUT2D eigenvalue weighted by Gasteiger charge is -2.12. The van der Waals surface area contributed by atoms with Gasteiger partial charge in [0.05, 0.1) is 18.3 Å². The van der Waals surface area contributed by atoms with E-state index >= 15 is 0 Å². The van der Waals surface area contributed by atoms with Gasteiger partial charge in [0.2, 0.25) is 0 Å². The van der Waals surface area contributed by atoms with Gasteiger partial charge < -0.3 is 9.72 Å². The third kappa shape index (κ3) is 3.19. The number of carbonyl (C=O) groups excluding carboxylic acids is 1. The normalized spacial score (nSPS) is 12.4. The maximum absolute atomic E-state index is 12.9. The van der Waals surface area contributed by atoms with E-state index in [1.807, 2.05) is 61.7 Å². The first-order valence-corrected chi connectivity index (χ1v) is 9.11. The number of nitrogens with one attached hydrogen (secondary N) is 1. The van der Waals surface area contributed by atoms with Gasteiger partial charge in [-0.1, -0.05) is 31.2 Å². The van der Waals surface area contributed by atoms with Gasteiger partial charge in [-0.25, -0.2) is 0 Å². The summed E-state index contributed by atoms with van der Waals surface area (Å²) >= 11 is 0. The number of ketones is 1. The highest BCUT2D eigenvalue weighted by Gasteiger charge is 2.15. The summed E-state index contributed by atoms with van der Waals surface area (Å²) in [5.74, 6) is 1.08. The molecule has 1 atom stereocenters. The standard InChI is InChI=1S/C23H22N2O2/c1-14(16-5-4-6-18(12-16)27-3)11-22(26)17-7-8-19-20-9-10-24-15(2)23(20)25-21(19)13-17/h4-10,12-14,25H,11H2,1-3H3/t14-/m0/s1.